The average molecular weight is 413 g/mol. The zero-order chi connectivity index (χ0) is 21.5. The molecule has 0 aromatic carbocycles. The summed E-state index contributed by atoms with van der Waals surface area (Å²) in [5.74, 6) is 0.971. The number of carbonyl (C=O) groups is 1. The Kier molecular flexibility index (Phi) is 5.05. The molecule has 1 aromatic heterocycles. The molecule has 0 bridgehead atoms. The first-order chi connectivity index (χ1) is 14.2. The first-order valence-electron chi connectivity index (χ1n) is 10.4. The van der Waals surface area contributed by atoms with E-state index in [9.17, 15) is 9.90 Å². The normalized spacial score (nSPS) is 26.1. The molecule has 1 saturated heterocycles. The molecule has 2 unspecified atom stereocenters. The van der Waals surface area contributed by atoms with Crippen molar-refractivity contribution in [3.63, 3.8) is 0 Å². The van der Waals surface area contributed by atoms with Gasteiger partial charge in [0.05, 0.1) is 19.0 Å². The SMILES string of the molecule is Cn1cc(C2=C[N+]3(C(C)(C)C)N=CC=C3C(OCC3CCCN(C(=O)O)C3)=C2)cn1. The highest BCUT2D eigenvalue weighted by molar-refractivity contribution is 5.79. The van der Waals surface area contributed by atoms with E-state index in [1.807, 2.05) is 31.7 Å². The van der Waals surface area contributed by atoms with Gasteiger partial charge in [0.2, 0.25) is 5.70 Å². The number of carboxylic acid groups (broad SMARTS) is 1. The number of ether oxygens (including phenoxy) is 1. The monoisotopic (exact) mass is 412 g/mol. The number of allylic oxidation sites excluding steroid dienone is 3. The predicted molar refractivity (Wildman–Crippen MR) is 114 cm³/mol. The Morgan fingerprint density at radius 3 is 2.87 bits per heavy atom. The van der Waals surface area contributed by atoms with Gasteiger partial charge in [0, 0.05) is 49.5 Å². The lowest BCUT2D eigenvalue weighted by Crippen LogP contribution is -2.51. The first kappa shape index (κ1) is 20.4. The molecule has 160 valence electrons. The molecule has 8 nitrogen and oxygen atoms in total. The van der Waals surface area contributed by atoms with Crippen molar-refractivity contribution in [3.05, 3.63) is 47.8 Å². The van der Waals surface area contributed by atoms with Gasteiger partial charge in [-0.15, -0.1) is 4.59 Å². The molecule has 0 spiro atoms. The Morgan fingerprint density at radius 1 is 1.40 bits per heavy atom. The van der Waals surface area contributed by atoms with Crippen LogP contribution in [-0.4, -0.2) is 61.9 Å². The van der Waals surface area contributed by atoms with E-state index >= 15 is 0 Å². The number of quaternary nitrogens is 1. The Hall–Kier alpha value is -2.87. The number of likely N-dealkylation sites (tertiary alicyclic amines) is 1. The zero-order valence-corrected chi connectivity index (χ0v) is 18.1. The highest BCUT2D eigenvalue weighted by Gasteiger charge is 2.50. The van der Waals surface area contributed by atoms with Crippen molar-refractivity contribution >= 4 is 17.9 Å². The largest absolute Gasteiger partial charge is 0.487 e. The molecular weight excluding hydrogens is 382 g/mol. The second-order valence-corrected chi connectivity index (χ2v) is 9.22. The van der Waals surface area contributed by atoms with Crippen LogP contribution in [0.15, 0.2) is 47.3 Å². The quantitative estimate of drug-likeness (QED) is 0.767. The minimum Gasteiger partial charge on any atom is -0.487 e. The number of rotatable bonds is 4. The summed E-state index contributed by atoms with van der Waals surface area (Å²) >= 11 is 0. The van der Waals surface area contributed by atoms with Crippen molar-refractivity contribution in [2.24, 2.45) is 18.1 Å². The van der Waals surface area contributed by atoms with Crippen molar-refractivity contribution in [1.82, 2.24) is 14.7 Å². The Balaban J connectivity index is 1.62. The van der Waals surface area contributed by atoms with Crippen LogP contribution < -0.4 is 0 Å². The van der Waals surface area contributed by atoms with Gasteiger partial charge in [-0.2, -0.15) is 5.10 Å². The molecule has 1 amide bonds. The van der Waals surface area contributed by atoms with E-state index in [-0.39, 0.29) is 11.5 Å². The fourth-order valence-corrected chi connectivity index (χ4v) is 4.35. The Morgan fingerprint density at radius 2 is 2.20 bits per heavy atom. The van der Waals surface area contributed by atoms with Crippen molar-refractivity contribution in [1.29, 1.82) is 0 Å². The van der Waals surface area contributed by atoms with Crippen molar-refractivity contribution in [2.45, 2.75) is 39.2 Å². The van der Waals surface area contributed by atoms with Gasteiger partial charge in [-0.3, -0.25) is 4.68 Å². The van der Waals surface area contributed by atoms with E-state index in [0.29, 0.717) is 24.3 Å². The Bertz CT molecular complexity index is 966. The van der Waals surface area contributed by atoms with E-state index in [0.717, 1.165) is 35.4 Å². The average Bonchev–Trinajstić information content (AvgIpc) is 3.32. The summed E-state index contributed by atoms with van der Waals surface area (Å²) in [5.41, 5.74) is 2.82. The molecule has 3 aliphatic heterocycles. The number of hydrogen-bond acceptors (Lipinski definition) is 4. The third-order valence-corrected chi connectivity index (χ3v) is 6.04. The van der Waals surface area contributed by atoms with Gasteiger partial charge < -0.3 is 14.7 Å². The number of piperidine rings is 1. The molecule has 0 radical (unpaired) electrons. The lowest BCUT2D eigenvalue weighted by molar-refractivity contribution is -0.892. The topological polar surface area (TPSA) is 80.0 Å². The summed E-state index contributed by atoms with van der Waals surface area (Å²) in [7, 11) is 1.90. The summed E-state index contributed by atoms with van der Waals surface area (Å²) in [5, 5.41) is 18.5. The van der Waals surface area contributed by atoms with Crippen LogP contribution >= 0.6 is 0 Å². The molecule has 0 aliphatic carbocycles. The van der Waals surface area contributed by atoms with Gasteiger partial charge in [-0.25, -0.2) is 4.79 Å². The van der Waals surface area contributed by atoms with Gasteiger partial charge in [0.15, 0.2) is 5.76 Å². The molecule has 4 rings (SSSR count). The number of aryl methyl sites for hydroxylation is 1. The van der Waals surface area contributed by atoms with Gasteiger partial charge in [-0.1, -0.05) is 5.10 Å². The number of amides is 1. The highest BCUT2D eigenvalue weighted by Crippen LogP contribution is 2.44. The van der Waals surface area contributed by atoms with Crippen molar-refractivity contribution in [2.75, 3.05) is 19.7 Å². The summed E-state index contributed by atoms with van der Waals surface area (Å²) < 4.78 is 8.47. The smallest absolute Gasteiger partial charge is 0.407 e. The van der Waals surface area contributed by atoms with Crippen LogP contribution in [0.4, 0.5) is 4.79 Å². The summed E-state index contributed by atoms with van der Waals surface area (Å²) in [6.07, 6.45) is 12.9. The molecule has 2 atom stereocenters. The van der Waals surface area contributed by atoms with Crippen LogP contribution in [0.5, 0.6) is 0 Å². The number of hydrogen-bond donors (Lipinski definition) is 1. The Labute approximate surface area is 177 Å². The van der Waals surface area contributed by atoms with Gasteiger partial charge >= 0.3 is 6.09 Å². The lowest BCUT2D eigenvalue weighted by Gasteiger charge is -2.41. The molecule has 3 aliphatic rings. The van der Waals surface area contributed by atoms with Crippen LogP contribution in [-0.2, 0) is 11.8 Å². The van der Waals surface area contributed by atoms with Crippen LogP contribution in [0.2, 0.25) is 0 Å². The fraction of sp³-hybridized carbons (Fsp3) is 0.500. The van der Waals surface area contributed by atoms with Crippen LogP contribution in [0.3, 0.4) is 0 Å². The standard InChI is InChI=1S/C22H29N5O3/c1-22(2,3)27-14-17(18-11-23-25(4)13-18)10-20(19(27)7-8-24-27)30-15-16-6-5-9-26(12-16)21(28)29/h7-8,10-11,13-14,16H,5-6,9,12,15H2,1-4H3/p+1. The predicted octanol–water partition coefficient (Wildman–Crippen LogP) is 3.56. The van der Waals surface area contributed by atoms with Crippen molar-refractivity contribution in [3.8, 4) is 0 Å². The van der Waals surface area contributed by atoms with E-state index in [1.165, 1.54) is 4.90 Å². The number of fused-ring (bicyclic) bond motifs is 1. The molecule has 4 heterocycles. The second-order valence-electron chi connectivity index (χ2n) is 9.22. The molecule has 0 saturated carbocycles. The second kappa shape index (κ2) is 7.43. The molecule has 1 fully saturated rings. The maximum atomic E-state index is 11.3. The van der Waals surface area contributed by atoms with Crippen LogP contribution in [0, 0.1) is 5.92 Å². The third-order valence-electron chi connectivity index (χ3n) is 6.04. The summed E-state index contributed by atoms with van der Waals surface area (Å²) in [6.45, 7) is 8.09. The van der Waals surface area contributed by atoms with Gasteiger partial charge in [0.25, 0.3) is 0 Å². The molecule has 8 heteroatoms. The minimum absolute atomic E-state index is 0.183. The third kappa shape index (κ3) is 3.56. The van der Waals surface area contributed by atoms with E-state index in [2.05, 4.69) is 38.1 Å². The molecule has 30 heavy (non-hydrogen) atoms. The first-order valence-corrected chi connectivity index (χ1v) is 10.4. The molecular formula is C22H30N5O3+. The maximum Gasteiger partial charge on any atom is 0.407 e. The fourth-order valence-electron chi connectivity index (χ4n) is 4.35. The minimum atomic E-state index is -0.853. The van der Waals surface area contributed by atoms with E-state index in [4.69, 9.17) is 9.84 Å². The summed E-state index contributed by atoms with van der Waals surface area (Å²) in [4.78, 5) is 12.8. The summed E-state index contributed by atoms with van der Waals surface area (Å²) in [6, 6.07) is 0. The van der Waals surface area contributed by atoms with Crippen LogP contribution in [0.25, 0.3) is 5.57 Å². The van der Waals surface area contributed by atoms with E-state index in [1.54, 1.807) is 4.68 Å². The van der Waals surface area contributed by atoms with E-state index < -0.39 is 6.09 Å². The molecule has 1 aromatic rings. The highest BCUT2D eigenvalue weighted by atomic mass is 16.5. The maximum absolute atomic E-state index is 11.3. The van der Waals surface area contributed by atoms with Gasteiger partial charge in [-0.05, 0) is 39.7 Å². The molecule has 1 N–H and O–H groups in total. The lowest BCUT2D eigenvalue weighted by atomic mass is 9.97. The van der Waals surface area contributed by atoms with Crippen molar-refractivity contribution < 1.29 is 19.2 Å². The number of aromatic nitrogens is 2. The van der Waals surface area contributed by atoms with Gasteiger partial charge in [0.1, 0.15) is 11.7 Å². The van der Waals surface area contributed by atoms with Crippen LogP contribution in [0.1, 0.15) is 39.2 Å². The zero-order valence-electron chi connectivity index (χ0n) is 18.1. The number of nitrogens with zero attached hydrogens (tertiary/aromatic N) is 5.